The molecule has 0 atom stereocenters. The van der Waals surface area contributed by atoms with Gasteiger partial charge in [-0.3, -0.25) is 4.79 Å². The molecule has 0 spiro atoms. The lowest BCUT2D eigenvalue weighted by Crippen LogP contribution is -1.94. The predicted molar refractivity (Wildman–Crippen MR) is 62.1 cm³/mol. The lowest BCUT2D eigenvalue weighted by atomic mass is 10.1. The van der Waals surface area contributed by atoms with E-state index in [0.29, 0.717) is 4.88 Å². The van der Waals surface area contributed by atoms with Crippen molar-refractivity contribution in [3.63, 3.8) is 0 Å². The van der Waals surface area contributed by atoms with Crippen LogP contribution in [0.4, 0.5) is 0 Å². The number of hydrogen-bond acceptors (Lipinski definition) is 3. The molecule has 1 heterocycles. The fourth-order valence-electron chi connectivity index (χ4n) is 1.37. The van der Waals surface area contributed by atoms with Crippen molar-refractivity contribution in [2.45, 2.75) is 0 Å². The van der Waals surface area contributed by atoms with Gasteiger partial charge in [0, 0.05) is 0 Å². The van der Waals surface area contributed by atoms with E-state index in [2.05, 4.69) is 0 Å². The molecule has 0 amide bonds. The first-order valence-corrected chi connectivity index (χ1v) is 5.46. The molecule has 0 fully saturated rings. The van der Waals surface area contributed by atoms with Crippen molar-refractivity contribution in [1.82, 2.24) is 0 Å². The van der Waals surface area contributed by atoms with E-state index in [0.717, 1.165) is 17.4 Å². The van der Waals surface area contributed by atoms with E-state index < -0.39 is 5.97 Å². The molecule has 0 aliphatic heterocycles. The van der Waals surface area contributed by atoms with Crippen LogP contribution >= 0.6 is 11.3 Å². The molecule has 4 heteroatoms. The smallest absolute Gasteiger partial charge is 0.335 e. The predicted octanol–water partition coefficient (Wildman–Crippen LogP) is 2.93. The molecule has 1 aromatic carbocycles. The van der Waals surface area contributed by atoms with Crippen molar-refractivity contribution >= 4 is 23.6 Å². The minimum Gasteiger partial charge on any atom is -0.478 e. The maximum Gasteiger partial charge on any atom is 0.335 e. The molecule has 0 aliphatic rings. The summed E-state index contributed by atoms with van der Waals surface area (Å²) in [7, 11) is 0. The summed E-state index contributed by atoms with van der Waals surface area (Å²) in [5.41, 5.74) is 2.10. The van der Waals surface area contributed by atoms with Crippen LogP contribution in [0.1, 0.15) is 20.0 Å². The van der Waals surface area contributed by atoms with E-state index in [-0.39, 0.29) is 5.56 Å². The molecule has 1 N–H and O–H groups in total. The Labute approximate surface area is 96.0 Å². The summed E-state index contributed by atoms with van der Waals surface area (Å²) in [6, 6.07) is 8.36. The molecule has 0 aliphatic carbocycles. The van der Waals surface area contributed by atoms with Crippen molar-refractivity contribution in [3.8, 4) is 11.1 Å². The minimum absolute atomic E-state index is 0.259. The van der Waals surface area contributed by atoms with Gasteiger partial charge in [-0.2, -0.15) is 0 Å². The van der Waals surface area contributed by atoms with E-state index in [1.807, 2.05) is 5.38 Å². The van der Waals surface area contributed by atoms with E-state index in [4.69, 9.17) is 5.11 Å². The molecule has 0 radical (unpaired) electrons. The van der Waals surface area contributed by atoms with Crippen LogP contribution in [-0.4, -0.2) is 17.4 Å². The highest BCUT2D eigenvalue weighted by molar-refractivity contribution is 7.12. The maximum atomic E-state index is 10.7. The zero-order valence-corrected chi connectivity index (χ0v) is 9.03. The van der Waals surface area contributed by atoms with Gasteiger partial charge in [-0.05, 0) is 34.7 Å². The molecule has 0 saturated heterocycles. The zero-order chi connectivity index (χ0) is 11.5. The summed E-state index contributed by atoms with van der Waals surface area (Å²) in [5.74, 6) is -0.939. The van der Waals surface area contributed by atoms with Crippen molar-refractivity contribution in [1.29, 1.82) is 0 Å². The van der Waals surface area contributed by atoms with Gasteiger partial charge < -0.3 is 5.11 Å². The van der Waals surface area contributed by atoms with Crippen molar-refractivity contribution in [2.24, 2.45) is 0 Å². The quantitative estimate of drug-likeness (QED) is 0.828. The average molecular weight is 232 g/mol. The Kier molecular flexibility index (Phi) is 2.83. The number of carbonyl (C=O) groups is 2. The first-order valence-electron chi connectivity index (χ1n) is 4.58. The highest BCUT2D eigenvalue weighted by Gasteiger charge is 2.04. The Balaban J connectivity index is 2.34. The number of benzene rings is 1. The highest BCUT2D eigenvalue weighted by Crippen LogP contribution is 2.24. The lowest BCUT2D eigenvalue weighted by molar-refractivity contribution is 0.0696. The van der Waals surface area contributed by atoms with Crippen molar-refractivity contribution < 1.29 is 14.7 Å². The van der Waals surface area contributed by atoms with Crippen LogP contribution in [0.15, 0.2) is 35.7 Å². The van der Waals surface area contributed by atoms with E-state index in [1.165, 1.54) is 11.3 Å². The fraction of sp³-hybridized carbons (Fsp3) is 0. The highest BCUT2D eigenvalue weighted by atomic mass is 32.1. The van der Waals surface area contributed by atoms with Gasteiger partial charge in [0.25, 0.3) is 0 Å². The number of carboxylic acid groups (broad SMARTS) is 1. The van der Waals surface area contributed by atoms with E-state index >= 15 is 0 Å². The maximum absolute atomic E-state index is 10.7. The standard InChI is InChI=1S/C12H8O3S/c13-6-11-5-10(7-16-11)8-1-3-9(4-2-8)12(14)15/h1-7H,(H,14,15). The largest absolute Gasteiger partial charge is 0.478 e. The molecule has 1 aromatic heterocycles. The van der Waals surface area contributed by atoms with E-state index in [9.17, 15) is 9.59 Å². The third-order valence-electron chi connectivity index (χ3n) is 2.20. The second-order valence-corrected chi connectivity index (χ2v) is 4.18. The van der Waals surface area contributed by atoms with Gasteiger partial charge in [0.1, 0.15) is 0 Å². The van der Waals surface area contributed by atoms with Crippen LogP contribution < -0.4 is 0 Å². The summed E-state index contributed by atoms with van der Waals surface area (Å²) in [4.78, 5) is 21.8. The fourth-order valence-corrected chi connectivity index (χ4v) is 2.09. The molecule has 3 nitrogen and oxygen atoms in total. The molecule has 80 valence electrons. The Bertz CT molecular complexity index is 525. The summed E-state index contributed by atoms with van der Waals surface area (Å²) < 4.78 is 0. The third-order valence-corrected chi connectivity index (χ3v) is 3.06. The van der Waals surface area contributed by atoms with Crippen LogP contribution in [0.25, 0.3) is 11.1 Å². The molecule has 0 bridgehead atoms. The summed E-state index contributed by atoms with van der Waals surface area (Å²) >= 11 is 1.37. The van der Waals surface area contributed by atoms with E-state index in [1.54, 1.807) is 30.3 Å². The monoisotopic (exact) mass is 232 g/mol. The minimum atomic E-state index is -0.939. The van der Waals surface area contributed by atoms with Gasteiger partial charge in [-0.1, -0.05) is 12.1 Å². The van der Waals surface area contributed by atoms with Crippen LogP contribution in [0.5, 0.6) is 0 Å². The Morgan fingerprint density at radius 2 is 1.88 bits per heavy atom. The Morgan fingerprint density at radius 3 is 2.38 bits per heavy atom. The van der Waals surface area contributed by atoms with Gasteiger partial charge in [0.15, 0.2) is 6.29 Å². The Hall–Kier alpha value is -1.94. The second kappa shape index (κ2) is 4.28. The normalized spacial score (nSPS) is 10.0. The molecule has 2 aromatic rings. The van der Waals surface area contributed by atoms with Gasteiger partial charge in [-0.15, -0.1) is 11.3 Å². The van der Waals surface area contributed by atoms with Crippen LogP contribution in [-0.2, 0) is 0 Å². The molecule has 16 heavy (non-hydrogen) atoms. The van der Waals surface area contributed by atoms with Crippen LogP contribution in [0.3, 0.4) is 0 Å². The second-order valence-electron chi connectivity index (χ2n) is 3.24. The lowest BCUT2D eigenvalue weighted by Gasteiger charge is -1.98. The van der Waals surface area contributed by atoms with Gasteiger partial charge in [-0.25, -0.2) is 4.79 Å². The number of aromatic carboxylic acids is 1. The zero-order valence-electron chi connectivity index (χ0n) is 8.21. The summed E-state index contributed by atoms with van der Waals surface area (Å²) in [6.07, 6.45) is 0.805. The number of carboxylic acids is 1. The molecule has 2 rings (SSSR count). The van der Waals surface area contributed by atoms with Gasteiger partial charge in [0.2, 0.25) is 0 Å². The average Bonchev–Trinajstić information content (AvgIpc) is 2.77. The number of thiophene rings is 1. The van der Waals surface area contributed by atoms with Gasteiger partial charge in [0.05, 0.1) is 10.4 Å². The topological polar surface area (TPSA) is 54.4 Å². The first kappa shape index (κ1) is 10.6. The number of aldehydes is 1. The van der Waals surface area contributed by atoms with Gasteiger partial charge >= 0.3 is 5.97 Å². The van der Waals surface area contributed by atoms with Crippen molar-refractivity contribution in [3.05, 3.63) is 46.2 Å². The number of carbonyl (C=O) groups excluding carboxylic acids is 1. The van der Waals surface area contributed by atoms with Crippen LogP contribution in [0, 0.1) is 0 Å². The molecule has 0 saturated carbocycles. The van der Waals surface area contributed by atoms with Crippen molar-refractivity contribution in [2.75, 3.05) is 0 Å². The SMILES string of the molecule is O=Cc1cc(-c2ccc(C(=O)O)cc2)cs1. The molecule has 0 unspecified atom stereocenters. The summed E-state index contributed by atoms with van der Waals surface area (Å²) in [5, 5.41) is 10.6. The number of hydrogen-bond donors (Lipinski definition) is 1. The number of rotatable bonds is 3. The molecular weight excluding hydrogens is 224 g/mol. The Morgan fingerprint density at radius 1 is 1.19 bits per heavy atom. The third kappa shape index (κ3) is 2.01. The first-order chi connectivity index (χ1) is 7.70. The van der Waals surface area contributed by atoms with Crippen LogP contribution in [0.2, 0.25) is 0 Å². The molecular formula is C12H8O3S. The summed E-state index contributed by atoms with van der Waals surface area (Å²) in [6.45, 7) is 0.